The molecule has 0 heterocycles. The van der Waals surface area contributed by atoms with Crippen LogP contribution < -0.4 is 5.32 Å². The zero-order chi connectivity index (χ0) is 36.0. The van der Waals surface area contributed by atoms with Crippen molar-refractivity contribution in [2.75, 3.05) is 18.5 Å². The first-order valence-electron chi connectivity index (χ1n) is 14.3. The summed E-state index contributed by atoms with van der Waals surface area (Å²) in [5, 5.41) is -2.72. The van der Waals surface area contributed by atoms with Gasteiger partial charge in [0.15, 0.2) is 0 Å². The largest absolute Gasteiger partial charge is 0.465 e. The lowest BCUT2D eigenvalue weighted by molar-refractivity contribution is -0.215. The fraction of sp³-hybridized carbons (Fsp3) is 0.552. The van der Waals surface area contributed by atoms with Gasteiger partial charge in [0.05, 0.1) is 20.2 Å². The van der Waals surface area contributed by atoms with Gasteiger partial charge in [-0.1, -0.05) is 6.58 Å². The normalized spacial score (nSPS) is 24.8. The van der Waals surface area contributed by atoms with Crippen molar-refractivity contribution < 1.29 is 64.7 Å². The predicted octanol–water partition coefficient (Wildman–Crippen LogP) is 5.01. The number of ether oxygens (including phenoxy) is 4. The highest BCUT2D eigenvalue weighted by atomic mass is 127. The van der Waals surface area contributed by atoms with Gasteiger partial charge in [0.2, 0.25) is 0 Å². The molecular weight excluding hydrogens is 1010 g/mol. The third-order valence-electron chi connectivity index (χ3n) is 8.51. The standard InChI is InChI=1S/C29H30F2I3NO12S/c1-4-26(2,3)47-24(39)27-9-14-7-15(10-27)12-28(11-14,13-27)46-23(38)21(36)35-20-17(33)8-16(32)18(19(20)34)22(37)44-5-6-45-25(40)29(30,31)48(41,42)43/h4,8,14-15H,1,5-7,9-13H2,2-3H3,(H,35,36)(H,41,42,43). The van der Waals surface area contributed by atoms with Crippen molar-refractivity contribution in [2.24, 2.45) is 17.3 Å². The van der Waals surface area contributed by atoms with Gasteiger partial charge < -0.3 is 24.3 Å². The molecule has 0 radical (unpaired) electrons. The zero-order valence-corrected chi connectivity index (χ0v) is 32.7. The summed E-state index contributed by atoms with van der Waals surface area (Å²) in [6.07, 6.45) is 4.91. The third-order valence-corrected chi connectivity index (χ3v) is 12.1. The molecule has 19 heteroatoms. The van der Waals surface area contributed by atoms with Gasteiger partial charge in [-0.05, 0) is 138 Å². The molecule has 2 unspecified atom stereocenters. The number of amides is 1. The molecule has 4 saturated carbocycles. The van der Waals surface area contributed by atoms with Gasteiger partial charge in [-0.15, -0.1) is 0 Å². The van der Waals surface area contributed by atoms with Crippen LogP contribution in [0.15, 0.2) is 18.7 Å². The first-order chi connectivity index (χ1) is 22.1. The van der Waals surface area contributed by atoms with E-state index in [2.05, 4.69) is 16.6 Å². The molecule has 1 aromatic rings. The first-order valence-corrected chi connectivity index (χ1v) is 19.0. The highest BCUT2D eigenvalue weighted by Gasteiger charge is 2.63. The zero-order valence-electron chi connectivity index (χ0n) is 25.4. The van der Waals surface area contributed by atoms with Gasteiger partial charge in [0.1, 0.15) is 24.4 Å². The minimum atomic E-state index is -6.07. The number of rotatable bonds is 11. The van der Waals surface area contributed by atoms with Gasteiger partial charge in [-0.3, -0.25) is 14.1 Å². The smallest absolute Gasteiger partial charge is 0.458 e. The number of hydrogen-bond acceptors (Lipinski definition) is 11. The van der Waals surface area contributed by atoms with E-state index in [0.29, 0.717) is 32.8 Å². The Balaban J connectivity index is 1.43. The average molecular weight is 1040 g/mol. The molecule has 4 bridgehead atoms. The lowest BCUT2D eigenvalue weighted by Crippen LogP contribution is -2.61. The fourth-order valence-corrected chi connectivity index (χ4v) is 11.1. The molecule has 48 heavy (non-hydrogen) atoms. The maximum atomic E-state index is 13.4. The van der Waals surface area contributed by atoms with Crippen molar-refractivity contribution in [2.45, 2.75) is 68.8 Å². The van der Waals surface area contributed by atoms with Gasteiger partial charge in [-0.2, -0.15) is 17.2 Å². The fourth-order valence-electron chi connectivity index (χ4n) is 6.76. The van der Waals surface area contributed by atoms with E-state index in [4.69, 9.17) is 18.8 Å². The number of nitrogens with one attached hydrogen (secondary N) is 1. The number of hydrogen-bond donors (Lipinski definition) is 2. The quantitative estimate of drug-likeness (QED) is 0.0575. The monoisotopic (exact) mass is 1030 g/mol. The maximum Gasteiger partial charge on any atom is 0.465 e. The molecule has 2 N–H and O–H groups in total. The minimum absolute atomic E-state index is 0.0705. The maximum absolute atomic E-state index is 13.4. The van der Waals surface area contributed by atoms with Crippen molar-refractivity contribution in [3.8, 4) is 0 Å². The first kappa shape index (κ1) is 39.1. The lowest BCUT2D eigenvalue weighted by atomic mass is 9.48. The number of carbonyl (C=O) groups excluding carboxylic acids is 5. The molecule has 4 aliphatic rings. The molecule has 0 aromatic heterocycles. The van der Waals surface area contributed by atoms with E-state index >= 15 is 0 Å². The van der Waals surface area contributed by atoms with Crippen molar-refractivity contribution in [3.63, 3.8) is 0 Å². The molecule has 13 nitrogen and oxygen atoms in total. The summed E-state index contributed by atoms with van der Waals surface area (Å²) >= 11 is 5.45. The van der Waals surface area contributed by atoms with Crippen molar-refractivity contribution in [1.29, 1.82) is 0 Å². The number of alkyl halides is 2. The van der Waals surface area contributed by atoms with Crippen LogP contribution >= 0.6 is 67.8 Å². The number of benzene rings is 1. The number of carbonyl (C=O) groups is 5. The van der Waals surface area contributed by atoms with E-state index in [1.54, 1.807) is 42.5 Å². The van der Waals surface area contributed by atoms with E-state index < -0.39 is 69.0 Å². The molecule has 0 spiro atoms. The molecule has 2 atom stereocenters. The summed E-state index contributed by atoms with van der Waals surface area (Å²) in [5.41, 5.74) is -2.73. The Morgan fingerprint density at radius 1 is 1.04 bits per heavy atom. The van der Waals surface area contributed by atoms with Crippen LogP contribution in [-0.2, 0) is 48.2 Å². The second-order valence-electron chi connectivity index (χ2n) is 12.6. The SMILES string of the molecule is C=CC(C)(C)OC(=O)C12CC3CC(CC(OC(=O)C(=O)Nc4c(I)cc(I)c(C(=O)OCCOC(=O)C(F)(F)S(=O)(=O)O)c4I)(C3)C1)C2. The summed E-state index contributed by atoms with van der Waals surface area (Å²) in [4.78, 5) is 64.1. The topological polar surface area (TPSA) is 189 Å². The molecule has 1 amide bonds. The molecule has 0 saturated heterocycles. The molecule has 4 fully saturated rings. The van der Waals surface area contributed by atoms with Crippen molar-refractivity contribution >= 4 is 113 Å². The van der Waals surface area contributed by atoms with Gasteiger partial charge in [0, 0.05) is 13.6 Å². The summed E-state index contributed by atoms with van der Waals surface area (Å²) in [6, 6.07) is 1.51. The Morgan fingerprint density at radius 2 is 1.62 bits per heavy atom. The lowest BCUT2D eigenvalue weighted by Gasteiger charge is -2.59. The van der Waals surface area contributed by atoms with Crippen LogP contribution in [0.3, 0.4) is 0 Å². The summed E-state index contributed by atoms with van der Waals surface area (Å²) in [7, 11) is -6.07. The highest BCUT2D eigenvalue weighted by Crippen LogP contribution is 2.63. The van der Waals surface area contributed by atoms with Crippen LogP contribution in [0.2, 0.25) is 0 Å². The van der Waals surface area contributed by atoms with E-state index in [0.717, 1.165) is 6.42 Å². The van der Waals surface area contributed by atoms with Crippen molar-refractivity contribution in [3.05, 3.63) is 35.0 Å². The van der Waals surface area contributed by atoms with Gasteiger partial charge >= 0.3 is 45.2 Å². The molecule has 0 aliphatic heterocycles. The molecule has 1 aromatic carbocycles. The highest BCUT2D eigenvalue weighted by molar-refractivity contribution is 14.1. The molecule has 5 rings (SSSR count). The second-order valence-corrected chi connectivity index (χ2v) is 17.5. The average Bonchev–Trinajstić information content (AvgIpc) is 2.95. The third kappa shape index (κ3) is 8.08. The summed E-state index contributed by atoms with van der Waals surface area (Å²) < 4.78 is 78.2. The number of esters is 4. The van der Waals surface area contributed by atoms with Crippen LogP contribution in [0.1, 0.15) is 62.7 Å². The Hall–Kier alpha value is -1.73. The van der Waals surface area contributed by atoms with Crippen LogP contribution in [0.4, 0.5) is 14.5 Å². The number of halogens is 5. The van der Waals surface area contributed by atoms with E-state index in [1.807, 2.05) is 45.2 Å². The van der Waals surface area contributed by atoms with Crippen LogP contribution in [0, 0.1) is 28.0 Å². The molecule has 264 valence electrons. The predicted molar refractivity (Wildman–Crippen MR) is 187 cm³/mol. The number of anilines is 1. The summed E-state index contributed by atoms with van der Waals surface area (Å²) in [6.45, 7) is 5.46. The Bertz CT molecular complexity index is 1670. The van der Waals surface area contributed by atoms with E-state index in [-0.39, 0.29) is 39.0 Å². The van der Waals surface area contributed by atoms with Crippen molar-refractivity contribution in [1.82, 2.24) is 0 Å². The van der Waals surface area contributed by atoms with Crippen LogP contribution in [0.25, 0.3) is 0 Å². The van der Waals surface area contributed by atoms with Crippen LogP contribution in [0.5, 0.6) is 0 Å². The molecule has 4 aliphatic carbocycles. The van der Waals surface area contributed by atoms with Gasteiger partial charge in [0.25, 0.3) is 0 Å². The Labute approximate surface area is 315 Å². The Morgan fingerprint density at radius 3 is 2.19 bits per heavy atom. The van der Waals surface area contributed by atoms with Crippen LogP contribution in [-0.4, -0.2) is 72.4 Å². The van der Waals surface area contributed by atoms with Gasteiger partial charge in [-0.25, -0.2) is 14.4 Å². The summed E-state index contributed by atoms with van der Waals surface area (Å²) in [5.74, 6) is -5.98. The minimum Gasteiger partial charge on any atom is -0.458 e. The molecular formula is C29H30F2I3NO12S. The second kappa shape index (κ2) is 14.1. The van der Waals surface area contributed by atoms with E-state index in [1.165, 1.54) is 6.07 Å². The Kier molecular flexibility index (Phi) is 11.5. The van der Waals surface area contributed by atoms with E-state index in [9.17, 15) is 41.2 Å².